The molecule has 0 aliphatic rings. The van der Waals surface area contributed by atoms with Crippen LogP contribution in [0.4, 0.5) is 0 Å². The van der Waals surface area contributed by atoms with E-state index in [0.717, 1.165) is 12.8 Å². The molecule has 104 valence electrons. The Morgan fingerprint density at radius 2 is 1.05 bits per heavy atom. The molecule has 0 aliphatic carbocycles. The summed E-state index contributed by atoms with van der Waals surface area (Å²) in [7, 11) is 0. The van der Waals surface area contributed by atoms with Gasteiger partial charge in [0.25, 0.3) is 0 Å². The maximum absolute atomic E-state index is 2.33. The first-order chi connectivity index (χ1) is 10.3. The molecule has 0 bridgehead atoms. The zero-order valence-electron chi connectivity index (χ0n) is 12.4. The summed E-state index contributed by atoms with van der Waals surface area (Å²) in [6.07, 6.45) is 2.01. The van der Waals surface area contributed by atoms with Crippen molar-refractivity contribution in [2.75, 3.05) is 0 Å². The van der Waals surface area contributed by atoms with Gasteiger partial charge in [0.2, 0.25) is 0 Å². The lowest BCUT2D eigenvalue weighted by Crippen LogP contribution is -1.92. The normalized spacial score (nSPS) is 10.5. The molecule has 0 unspecified atom stereocenters. The third-order valence-corrected chi connectivity index (χ3v) is 3.77. The summed E-state index contributed by atoms with van der Waals surface area (Å²) in [5.74, 6) is 0. The highest BCUT2D eigenvalue weighted by Crippen LogP contribution is 2.15. The second-order valence-electron chi connectivity index (χ2n) is 5.64. The minimum absolute atomic E-state index is 1.00. The summed E-state index contributed by atoms with van der Waals surface area (Å²) in [5, 5.41) is 0. The third kappa shape index (κ3) is 3.82. The van der Waals surface area contributed by atoms with E-state index in [-0.39, 0.29) is 0 Å². The molecule has 3 aromatic rings. The summed E-state index contributed by atoms with van der Waals surface area (Å²) < 4.78 is 0. The van der Waals surface area contributed by atoms with Gasteiger partial charge < -0.3 is 0 Å². The molecule has 3 rings (SSSR count). The lowest BCUT2D eigenvalue weighted by atomic mass is 9.99. The topological polar surface area (TPSA) is 0 Å². The number of hydrogen-bond donors (Lipinski definition) is 0. The maximum Gasteiger partial charge on any atom is -0.00257 e. The molecule has 0 saturated carbocycles. The molecule has 0 radical (unpaired) electrons. The van der Waals surface area contributed by atoms with E-state index in [1.807, 2.05) is 0 Å². The number of aryl methyl sites for hydroxylation is 1. The third-order valence-electron chi connectivity index (χ3n) is 3.77. The van der Waals surface area contributed by atoms with Gasteiger partial charge in [0.1, 0.15) is 0 Å². The summed E-state index contributed by atoms with van der Waals surface area (Å²) in [6, 6.07) is 28.4. The van der Waals surface area contributed by atoms with Crippen molar-refractivity contribution < 1.29 is 0 Å². The fourth-order valence-electron chi connectivity index (χ4n) is 2.62. The molecule has 0 atom stereocenters. The van der Waals surface area contributed by atoms with Crippen LogP contribution in [0, 0.1) is 6.92 Å². The highest BCUT2D eigenvalue weighted by Gasteiger charge is 2.00. The number of rotatable bonds is 4. The van der Waals surface area contributed by atoms with E-state index in [9.17, 15) is 0 Å². The summed E-state index contributed by atoms with van der Waals surface area (Å²) >= 11 is 0. The van der Waals surface area contributed by atoms with Crippen LogP contribution < -0.4 is 0 Å². The lowest BCUT2D eigenvalue weighted by Gasteiger charge is -2.06. The summed E-state index contributed by atoms with van der Waals surface area (Å²) in [4.78, 5) is 0. The Kier molecular flexibility index (Phi) is 4.16. The highest BCUT2D eigenvalue weighted by molar-refractivity contribution is 5.33. The standard InChI is InChI=1S/C21H20/c1-17-10-12-19(13-11-17)15-21-9-5-8-20(16-21)14-18-6-3-2-4-7-18/h2-13,16H,14-15H2,1H3. The van der Waals surface area contributed by atoms with Crippen molar-refractivity contribution in [3.8, 4) is 0 Å². The van der Waals surface area contributed by atoms with Crippen molar-refractivity contribution in [1.82, 2.24) is 0 Å². The van der Waals surface area contributed by atoms with Crippen LogP contribution in [0.2, 0.25) is 0 Å². The second kappa shape index (κ2) is 6.41. The average molecular weight is 272 g/mol. The Hall–Kier alpha value is -2.34. The molecular weight excluding hydrogens is 252 g/mol. The first-order valence-corrected chi connectivity index (χ1v) is 7.47. The van der Waals surface area contributed by atoms with Crippen LogP contribution in [0.3, 0.4) is 0 Å². The zero-order chi connectivity index (χ0) is 14.5. The van der Waals surface area contributed by atoms with Gasteiger partial charge >= 0.3 is 0 Å². The molecule has 21 heavy (non-hydrogen) atoms. The smallest absolute Gasteiger partial charge is 0.00257 e. The fourth-order valence-corrected chi connectivity index (χ4v) is 2.62. The molecule has 0 heteroatoms. The van der Waals surface area contributed by atoms with Crippen LogP contribution in [0.15, 0.2) is 78.9 Å². The van der Waals surface area contributed by atoms with Crippen LogP contribution in [0.5, 0.6) is 0 Å². The predicted octanol–water partition coefficient (Wildman–Crippen LogP) is 5.18. The Morgan fingerprint density at radius 1 is 0.524 bits per heavy atom. The van der Waals surface area contributed by atoms with Crippen LogP contribution in [0.25, 0.3) is 0 Å². The van der Waals surface area contributed by atoms with Gasteiger partial charge in [-0.25, -0.2) is 0 Å². The zero-order valence-corrected chi connectivity index (χ0v) is 12.4. The van der Waals surface area contributed by atoms with Crippen molar-refractivity contribution in [2.24, 2.45) is 0 Å². The Morgan fingerprint density at radius 3 is 1.67 bits per heavy atom. The van der Waals surface area contributed by atoms with Gasteiger partial charge in [0.15, 0.2) is 0 Å². The van der Waals surface area contributed by atoms with Gasteiger partial charge in [-0.05, 0) is 42.0 Å². The quantitative estimate of drug-likeness (QED) is 0.614. The Balaban J connectivity index is 1.75. The number of hydrogen-bond acceptors (Lipinski definition) is 0. The van der Waals surface area contributed by atoms with Gasteiger partial charge in [0, 0.05) is 0 Å². The van der Waals surface area contributed by atoms with E-state index in [4.69, 9.17) is 0 Å². The van der Waals surface area contributed by atoms with Crippen LogP contribution >= 0.6 is 0 Å². The molecule has 0 spiro atoms. The summed E-state index contributed by atoms with van der Waals surface area (Å²) in [6.45, 7) is 2.13. The van der Waals surface area contributed by atoms with Crippen molar-refractivity contribution in [1.29, 1.82) is 0 Å². The first kappa shape index (κ1) is 13.6. The highest BCUT2D eigenvalue weighted by atomic mass is 14.0. The molecular formula is C21H20. The fraction of sp³-hybridized carbons (Fsp3) is 0.143. The SMILES string of the molecule is Cc1ccc(Cc2cccc(Cc3ccccc3)c2)cc1. The predicted molar refractivity (Wildman–Crippen MR) is 89.7 cm³/mol. The van der Waals surface area contributed by atoms with E-state index in [0.29, 0.717) is 0 Å². The van der Waals surface area contributed by atoms with Crippen LogP contribution in [-0.4, -0.2) is 0 Å². The Labute approximate surface area is 127 Å². The van der Waals surface area contributed by atoms with Crippen molar-refractivity contribution >= 4 is 0 Å². The molecule has 0 heterocycles. The molecule has 0 fully saturated rings. The molecule has 0 saturated heterocycles. The van der Waals surface area contributed by atoms with Crippen LogP contribution in [-0.2, 0) is 12.8 Å². The molecule has 3 aromatic carbocycles. The molecule has 0 amide bonds. The van der Waals surface area contributed by atoms with Gasteiger partial charge in [-0.2, -0.15) is 0 Å². The van der Waals surface area contributed by atoms with Gasteiger partial charge in [0.05, 0.1) is 0 Å². The minimum Gasteiger partial charge on any atom is -0.0622 e. The van der Waals surface area contributed by atoms with Crippen molar-refractivity contribution in [3.63, 3.8) is 0 Å². The Bertz CT molecular complexity index is 694. The molecule has 0 aromatic heterocycles. The number of benzene rings is 3. The van der Waals surface area contributed by atoms with Gasteiger partial charge in [-0.1, -0.05) is 84.4 Å². The van der Waals surface area contributed by atoms with E-state index >= 15 is 0 Å². The average Bonchev–Trinajstić information content (AvgIpc) is 2.51. The van der Waals surface area contributed by atoms with E-state index in [2.05, 4.69) is 85.8 Å². The van der Waals surface area contributed by atoms with E-state index in [1.165, 1.54) is 27.8 Å². The monoisotopic (exact) mass is 272 g/mol. The largest absolute Gasteiger partial charge is 0.0622 e. The second-order valence-corrected chi connectivity index (χ2v) is 5.64. The maximum atomic E-state index is 2.33. The van der Waals surface area contributed by atoms with Crippen molar-refractivity contribution in [2.45, 2.75) is 19.8 Å². The van der Waals surface area contributed by atoms with Gasteiger partial charge in [-0.15, -0.1) is 0 Å². The molecule has 0 nitrogen and oxygen atoms in total. The van der Waals surface area contributed by atoms with Crippen LogP contribution in [0.1, 0.15) is 27.8 Å². The summed E-state index contributed by atoms with van der Waals surface area (Å²) in [5.41, 5.74) is 6.82. The van der Waals surface area contributed by atoms with E-state index in [1.54, 1.807) is 0 Å². The van der Waals surface area contributed by atoms with Gasteiger partial charge in [-0.3, -0.25) is 0 Å². The molecule has 0 aliphatic heterocycles. The minimum atomic E-state index is 1.00. The van der Waals surface area contributed by atoms with Crippen molar-refractivity contribution in [3.05, 3.63) is 107 Å². The first-order valence-electron chi connectivity index (χ1n) is 7.47. The van der Waals surface area contributed by atoms with E-state index < -0.39 is 0 Å². The molecule has 0 N–H and O–H groups in total. The lowest BCUT2D eigenvalue weighted by molar-refractivity contribution is 1.14.